The summed E-state index contributed by atoms with van der Waals surface area (Å²) >= 11 is 0. The van der Waals surface area contributed by atoms with Gasteiger partial charge in [0, 0.05) is 12.6 Å². The minimum atomic E-state index is -0.395. The Labute approximate surface area is 90.9 Å². The summed E-state index contributed by atoms with van der Waals surface area (Å²) in [5.74, 6) is 0.0770. The Kier molecular flexibility index (Phi) is 3.83. The van der Waals surface area contributed by atoms with Gasteiger partial charge in [0.1, 0.15) is 0 Å². The van der Waals surface area contributed by atoms with Crippen molar-refractivity contribution in [3.8, 4) is 0 Å². The lowest BCUT2D eigenvalue weighted by atomic mass is 9.99. The molecule has 0 spiro atoms. The average Bonchev–Trinajstić information content (AvgIpc) is 2.18. The van der Waals surface area contributed by atoms with E-state index in [1.54, 1.807) is 6.20 Å². The molecule has 0 fully saturated rings. The van der Waals surface area contributed by atoms with E-state index in [4.69, 9.17) is 0 Å². The highest BCUT2D eigenvalue weighted by atomic mass is 16.1. The normalized spacial score (nSPS) is 11.1. The number of rotatable bonds is 4. The largest absolute Gasteiger partial charge is 0.346 e. The van der Waals surface area contributed by atoms with Crippen LogP contribution < -0.4 is 5.32 Å². The Hall–Kier alpha value is -1.38. The molecule has 0 aromatic carbocycles. The number of nitrogens with zero attached hydrogens (tertiary/aromatic N) is 1. The zero-order chi connectivity index (χ0) is 11.3. The average molecular weight is 206 g/mol. The molecule has 0 saturated carbocycles. The first-order chi connectivity index (χ1) is 7.06. The topological polar surface area (TPSA) is 42.0 Å². The zero-order valence-corrected chi connectivity index (χ0v) is 9.58. The van der Waals surface area contributed by atoms with E-state index in [9.17, 15) is 4.79 Å². The Balaban J connectivity index is 2.71. The van der Waals surface area contributed by atoms with E-state index in [1.165, 1.54) is 0 Å². The molecule has 0 aliphatic heterocycles. The van der Waals surface area contributed by atoms with Crippen LogP contribution in [0.25, 0.3) is 0 Å². The van der Waals surface area contributed by atoms with E-state index >= 15 is 0 Å². The van der Waals surface area contributed by atoms with Gasteiger partial charge in [0.05, 0.1) is 11.2 Å². The number of aromatic nitrogens is 1. The smallest absolute Gasteiger partial charge is 0.220 e. The van der Waals surface area contributed by atoms with Crippen LogP contribution >= 0.6 is 0 Å². The SMILES string of the molecule is CCCC(=O)NC(C)(C)c1ccccn1. The van der Waals surface area contributed by atoms with Crippen molar-refractivity contribution in [2.75, 3.05) is 0 Å². The number of carbonyl (C=O) groups is 1. The second-order valence-corrected chi connectivity index (χ2v) is 4.14. The molecule has 1 aromatic heterocycles. The number of pyridine rings is 1. The fourth-order valence-corrected chi connectivity index (χ4v) is 1.43. The number of carbonyl (C=O) groups excluding carboxylic acids is 1. The molecule has 0 saturated heterocycles. The molecule has 1 amide bonds. The van der Waals surface area contributed by atoms with Crippen LogP contribution in [0.4, 0.5) is 0 Å². The number of hydrogen-bond acceptors (Lipinski definition) is 2. The quantitative estimate of drug-likeness (QED) is 0.820. The lowest BCUT2D eigenvalue weighted by Crippen LogP contribution is -2.41. The Morgan fingerprint density at radius 3 is 2.73 bits per heavy atom. The molecular formula is C12H18N2O. The van der Waals surface area contributed by atoms with Gasteiger partial charge in [-0.2, -0.15) is 0 Å². The third kappa shape index (κ3) is 3.35. The highest BCUT2D eigenvalue weighted by molar-refractivity contribution is 5.76. The molecule has 0 unspecified atom stereocenters. The van der Waals surface area contributed by atoms with E-state index < -0.39 is 5.54 Å². The van der Waals surface area contributed by atoms with Gasteiger partial charge >= 0.3 is 0 Å². The molecule has 1 heterocycles. The maximum atomic E-state index is 11.5. The minimum Gasteiger partial charge on any atom is -0.346 e. The van der Waals surface area contributed by atoms with Gasteiger partial charge in [-0.25, -0.2) is 0 Å². The van der Waals surface area contributed by atoms with Crippen LogP contribution in [0.3, 0.4) is 0 Å². The van der Waals surface area contributed by atoms with Gasteiger partial charge in [0.15, 0.2) is 0 Å². The summed E-state index contributed by atoms with van der Waals surface area (Å²) in [5.41, 5.74) is 0.488. The van der Waals surface area contributed by atoms with E-state index in [-0.39, 0.29) is 5.91 Å². The Morgan fingerprint density at radius 1 is 1.47 bits per heavy atom. The van der Waals surface area contributed by atoms with Crippen molar-refractivity contribution in [3.63, 3.8) is 0 Å². The predicted molar refractivity (Wildman–Crippen MR) is 60.3 cm³/mol. The lowest BCUT2D eigenvalue weighted by Gasteiger charge is -2.25. The summed E-state index contributed by atoms with van der Waals surface area (Å²) < 4.78 is 0. The van der Waals surface area contributed by atoms with E-state index in [0.29, 0.717) is 6.42 Å². The molecule has 0 bridgehead atoms. The summed E-state index contributed by atoms with van der Waals surface area (Å²) in [5, 5.41) is 2.97. The van der Waals surface area contributed by atoms with Crippen LogP contribution in [0, 0.1) is 0 Å². The molecule has 3 heteroatoms. The molecule has 1 rings (SSSR count). The van der Waals surface area contributed by atoms with Crippen molar-refractivity contribution in [1.82, 2.24) is 10.3 Å². The monoisotopic (exact) mass is 206 g/mol. The van der Waals surface area contributed by atoms with Crippen molar-refractivity contribution in [3.05, 3.63) is 30.1 Å². The number of amides is 1. The van der Waals surface area contributed by atoms with Gasteiger partial charge in [-0.15, -0.1) is 0 Å². The molecular weight excluding hydrogens is 188 g/mol. The lowest BCUT2D eigenvalue weighted by molar-refractivity contribution is -0.122. The summed E-state index contributed by atoms with van der Waals surface area (Å²) in [6.45, 7) is 5.92. The van der Waals surface area contributed by atoms with Crippen molar-refractivity contribution in [1.29, 1.82) is 0 Å². The fraction of sp³-hybridized carbons (Fsp3) is 0.500. The maximum Gasteiger partial charge on any atom is 0.220 e. The standard InChI is InChI=1S/C12H18N2O/c1-4-7-11(15)14-12(2,3)10-8-5-6-9-13-10/h5-6,8-9H,4,7H2,1-3H3,(H,14,15). The second kappa shape index (κ2) is 4.91. The third-order valence-corrected chi connectivity index (χ3v) is 2.23. The van der Waals surface area contributed by atoms with E-state index in [2.05, 4.69) is 10.3 Å². The summed E-state index contributed by atoms with van der Waals surface area (Å²) in [4.78, 5) is 15.7. The minimum absolute atomic E-state index is 0.0770. The second-order valence-electron chi connectivity index (χ2n) is 4.14. The highest BCUT2D eigenvalue weighted by Crippen LogP contribution is 2.16. The first-order valence-electron chi connectivity index (χ1n) is 5.29. The van der Waals surface area contributed by atoms with Crippen molar-refractivity contribution in [2.24, 2.45) is 0 Å². The van der Waals surface area contributed by atoms with Gasteiger partial charge < -0.3 is 5.32 Å². The third-order valence-electron chi connectivity index (χ3n) is 2.23. The van der Waals surface area contributed by atoms with Gasteiger partial charge in [0.2, 0.25) is 5.91 Å². The van der Waals surface area contributed by atoms with Crippen LogP contribution in [0.5, 0.6) is 0 Å². The predicted octanol–water partition coefficient (Wildman–Crippen LogP) is 2.23. The molecule has 0 radical (unpaired) electrons. The summed E-state index contributed by atoms with van der Waals surface area (Å²) in [7, 11) is 0. The molecule has 1 aromatic rings. The van der Waals surface area contributed by atoms with Gasteiger partial charge in [0.25, 0.3) is 0 Å². The van der Waals surface area contributed by atoms with Crippen LogP contribution in [0.15, 0.2) is 24.4 Å². The maximum absolute atomic E-state index is 11.5. The summed E-state index contributed by atoms with van der Waals surface area (Å²) in [6.07, 6.45) is 3.17. The van der Waals surface area contributed by atoms with Crippen molar-refractivity contribution in [2.45, 2.75) is 39.2 Å². The first-order valence-corrected chi connectivity index (χ1v) is 5.29. The molecule has 0 atom stereocenters. The van der Waals surface area contributed by atoms with Gasteiger partial charge in [-0.3, -0.25) is 9.78 Å². The van der Waals surface area contributed by atoms with Crippen LogP contribution in [-0.2, 0) is 10.3 Å². The Bertz CT molecular complexity index is 320. The van der Waals surface area contributed by atoms with Gasteiger partial charge in [-0.1, -0.05) is 13.0 Å². The van der Waals surface area contributed by atoms with Crippen LogP contribution in [0.1, 0.15) is 39.3 Å². The number of nitrogens with one attached hydrogen (secondary N) is 1. The summed E-state index contributed by atoms with van der Waals surface area (Å²) in [6, 6.07) is 5.72. The molecule has 0 aliphatic carbocycles. The first kappa shape index (κ1) is 11.7. The van der Waals surface area contributed by atoms with Crippen LogP contribution in [-0.4, -0.2) is 10.9 Å². The van der Waals surface area contributed by atoms with Crippen molar-refractivity contribution >= 4 is 5.91 Å². The highest BCUT2D eigenvalue weighted by Gasteiger charge is 2.23. The molecule has 0 aliphatic rings. The van der Waals surface area contributed by atoms with Gasteiger partial charge in [-0.05, 0) is 32.4 Å². The molecule has 3 nitrogen and oxygen atoms in total. The van der Waals surface area contributed by atoms with Crippen LogP contribution in [0.2, 0.25) is 0 Å². The zero-order valence-electron chi connectivity index (χ0n) is 9.58. The molecule has 1 N–H and O–H groups in total. The number of hydrogen-bond donors (Lipinski definition) is 1. The molecule has 15 heavy (non-hydrogen) atoms. The fourth-order valence-electron chi connectivity index (χ4n) is 1.43. The van der Waals surface area contributed by atoms with Crippen molar-refractivity contribution < 1.29 is 4.79 Å². The Morgan fingerprint density at radius 2 is 2.20 bits per heavy atom. The molecule has 82 valence electrons. The van der Waals surface area contributed by atoms with E-state index in [0.717, 1.165) is 12.1 Å². The van der Waals surface area contributed by atoms with E-state index in [1.807, 2.05) is 39.0 Å².